The minimum Gasteiger partial charge on any atom is -0.340 e. The van der Waals surface area contributed by atoms with Crippen LogP contribution in [0.2, 0.25) is 0 Å². The van der Waals surface area contributed by atoms with E-state index in [-0.39, 0.29) is 0 Å². The summed E-state index contributed by atoms with van der Waals surface area (Å²) in [6.07, 6.45) is 2.03. The van der Waals surface area contributed by atoms with Crippen LogP contribution in [0.25, 0.3) is 10.9 Å². The van der Waals surface area contributed by atoms with E-state index in [1.54, 1.807) is 6.92 Å². The second-order valence-corrected chi connectivity index (χ2v) is 4.79. The summed E-state index contributed by atoms with van der Waals surface area (Å²) in [4.78, 5) is 4.20. The van der Waals surface area contributed by atoms with Crippen LogP contribution in [0.15, 0.2) is 39.5 Å². The zero-order valence-corrected chi connectivity index (χ0v) is 10.8. The van der Waals surface area contributed by atoms with Crippen molar-refractivity contribution in [3.8, 4) is 0 Å². The highest BCUT2D eigenvalue weighted by Crippen LogP contribution is 2.21. The van der Waals surface area contributed by atoms with Crippen LogP contribution in [0.3, 0.4) is 0 Å². The second kappa shape index (κ2) is 4.00. The van der Waals surface area contributed by atoms with E-state index in [0.29, 0.717) is 18.3 Å². The molecular formula is C12H10BrN3O. The standard InChI is InChI=1S/C12H10BrN3O/c1-8-14-12(15-17-8)7-16-5-4-9-6-10(13)2-3-11(9)16/h2-6H,7H2,1H3. The molecule has 0 aliphatic heterocycles. The Morgan fingerprint density at radius 3 is 3.00 bits per heavy atom. The summed E-state index contributed by atoms with van der Waals surface area (Å²) in [5.41, 5.74) is 1.16. The fourth-order valence-corrected chi connectivity index (χ4v) is 2.25. The maximum absolute atomic E-state index is 4.96. The van der Waals surface area contributed by atoms with Gasteiger partial charge in [0.25, 0.3) is 0 Å². The predicted molar refractivity (Wildman–Crippen MR) is 67.8 cm³/mol. The Morgan fingerprint density at radius 1 is 1.35 bits per heavy atom. The van der Waals surface area contributed by atoms with Gasteiger partial charge >= 0.3 is 0 Å². The van der Waals surface area contributed by atoms with Crippen molar-refractivity contribution in [3.05, 3.63) is 46.7 Å². The Bertz CT molecular complexity index is 671. The Morgan fingerprint density at radius 2 is 2.24 bits per heavy atom. The molecule has 0 aliphatic rings. The van der Waals surface area contributed by atoms with E-state index in [1.165, 1.54) is 5.39 Å². The normalized spacial score (nSPS) is 11.2. The number of hydrogen-bond acceptors (Lipinski definition) is 3. The van der Waals surface area contributed by atoms with Crippen molar-refractivity contribution in [1.29, 1.82) is 0 Å². The van der Waals surface area contributed by atoms with Gasteiger partial charge in [0, 0.05) is 28.5 Å². The van der Waals surface area contributed by atoms with E-state index in [1.807, 2.05) is 12.3 Å². The van der Waals surface area contributed by atoms with Crippen LogP contribution in [0.1, 0.15) is 11.7 Å². The lowest BCUT2D eigenvalue weighted by Crippen LogP contribution is -1.99. The lowest BCUT2D eigenvalue weighted by atomic mass is 10.2. The van der Waals surface area contributed by atoms with Crippen LogP contribution in [0.4, 0.5) is 0 Å². The molecule has 3 rings (SSSR count). The lowest BCUT2D eigenvalue weighted by molar-refractivity contribution is 0.386. The first-order valence-electron chi connectivity index (χ1n) is 5.26. The molecule has 0 spiro atoms. The van der Waals surface area contributed by atoms with Gasteiger partial charge in [-0.15, -0.1) is 0 Å². The molecular weight excluding hydrogens is 282 g/mol. The van der Waals surface area contributed by atoms with Gasteiger partial charge in [0.2, 0.25) is 5.89 Å². The quantitative estimate of drug-likeness (QED) is 0.728. The topological polar surface area (TPSA) is 43.9 Å². The number of hydrogen-bond donors (Lipinski definition) is 0. The van der Waals surface area contributed by atoms with Crippen LogP contribution in [0, 0.1) is 6.92 Å². The molecule has 17 heavy (non-hydrogen) atoms. The van der Waals surface area contributed by atoms with Gasteiger partial charge in [-0.3, -0.25) is 0 Å². The van der Waals surface area contributed by atoms with E-state index < -0.39 is 0 Å². The van der Waals surface area contributed by atoms with Crippen molar-refractivity contribution in [1.82, 2.24) is 14.7 Å². The van der Waals surface area contributed by atoms with E-state index in [4.69, 9.17) is 4.52 Å². The Hall–Kier alpha value is -1.62. The smallest absolute Gasteiger partial charge is 0.223 e. The van der Waals surface area contributed by atoms with Gasteiger partial charge in [-0.1, -0.05) is 21.1 Å². The first-order valence-corrected chi connectivity index (χ1v) is 6.05. The van der Waals surface area contributed by atoms with Crippen LogP contribution in [-0.2, 0) is 6.54 Å². The lowest BCUT2D eigenvalue weighted by Gasteiger charge is -2.01. The van der Waals surface area contributed by atoms with Crippen molar-refractivity contribution in [2.24, 2.45) is 0 Å². The third-order valence-electron chi connectivity index (χ3n) is 2.61. The molecule has 0 unspecified atom stereocenters. The van der Waals surface area contributed by atoms with Crippen molar-refractivity contribution >= 4 is 26.8 Å². The molecule has 5 heteroatoms. The van der Waals surface area contributed by atoms with Gasteiger partial charge in [0.15, 0.2) is 5.82 Å². The van der Waals surface area contributed by atoms with Gasteiger partial charge in [-0.05, 0) is 24.3 Å². The molecule has 0 N–H and O–H groups in total. The Balaban J connectivity index is 2.00. The molecule has 0 saturated carbocycles. The van der Waals surface area contributed by atoms with Crippen LogP contribution < -0.4 is 0 Å². The highest BCUT2D eigenvalue weighted by molar-refractivity contribution is 9.10. The summed E-state index contributed by atoms with van der Waals surface area (Å²) in [6.45, 7) is 2.42. The van der Waals surface area contributed by atoms with Gasteiger partial charge in [-0.2, -0.15) is 4.98 Å². The maximum atomic E-state index is 4.96. The summed E-state index contributed by atoms with van der Waals surface area (Å²) in [5, 5.41) is 5.09. The number of rotatable bonds is 2. The molecule has 4 nitrogen and oxygen atoms in total. The minimum atomic E-state index is 0.596. The number of aromatic nitrogens is 3. The summed E-state index contributed by atoms with van der Waals surface area (Å²) < 4.78 is 8.15. The molecule has 0 aliphatic carbocycles. The van der Waals surface area contributed by atoms with E-state index in [2.05, 4.69) is 48.8 Å². The van der Waals surface area contributed by atoms with Gasteiger partial charge in [0.1, 0.15) is 0 Å². The van der Waals surface area contributed by atoms with Gasteiger partial charge in [0.05, 0.1) is 6.54 Å². The fourth-order valence-electron chi connectivity index (χ4n) is 1.87. The van der Waals surface area contributed by atoms with Crippen LogP contribution in [0.5, 0.6) is 0 Å². The summed E-state index contributed by atoms with van der Waals surface area (Å²) in [7, 11) is 0. The molecule has 0 atom stereocenters. The molecule has 2 aromatic heterocycles. The summed E-state index contributed by atoms with van der Waals surface area (Å²) >= 11 is 3.46. The van der Waals surface area contributed by atoms with Gasteiger partial charge in [-0.25, -0.2) is 0 Å². The fraction of sp³-hybridized carbons (Fsp3) is 0.167. The number of nitrogens with zero attached hydrogens (tertiary/aromatic N) is 3. The Kier molecular flexibility index (Phi) is 2.48. The maximum Gasteiger partial charge on any atom is 0.223 e. The molecule has 0 fully saturated rings. The first-order chi connectivity index (χ1) is 8.22. The third kappa shape index (κ3) is 1.98. The van der Waals surface area contributed by atoms with Gasteiger partial charge < -0.3 is 9.09 Å². The predicted octanol–water partition coefficient (Wildman–Crippen LogP) is 3.14. The molecule has 0 saturated heterocycles. The average Bonchev–Trinajstić information content (AvgIpc) is 2.86. The van der Waals surface area contributed by atoms with E-state index >= 15 is 0 Å². The molecule has 86 valence electrons. The Labute approximate surface area is 106 Å². The number of fused-ring (bicyclic) bond motifs is 1. The molecule has 2 heterocycles. The first kappa shape index (κ1) is 10.5. The average molecular weight is 292 g/mol. The minimum absolute atomic E-state index is 0.596. The molecule has 0 radical (unpaired) electrons. The highest BCUT2D eigenvalue weighted by atomic mass is 79.9. The number of benzene rings is 1. The monoisotopic (exact) mass is 291 g/mol. The SMILES string of the molecule is Cc1nc(Cn2ccc3cc(Br)ccc32)no1. The summed E-state index contributed by atoms with van der Waals surface area (Å²) in [5.74, 6) is 1.29. The molecule has 0 bridgehead atoms. The summed E-state index contributed by atoms with van der Waals surface area (Å²) in [6, 6.07) is 8.27. The third-order valence-corrected chi connectivity index (χ3v) is 3.11. The van der Waals surface area contributed by atoms with Crippen LogP contribution >= 0.6 is 15.9 Å². The molecule has 1 aromatic carbocycles. The zero-order chi connectivity index (χ0) is 11.8. The van der Waals surface area contributed by atoms with Crippen molar-refractivity contribution in [2.75, 3.05) is 0 Å². The largest absolute Gasteiger partial charge is 0.340 e. The van der Waals surface area contributed by atoms with Crippen molar-refractivity contribution in [2.45, 2.75) is 13.5 Å². The van der Waals surface area contributed by atoms with Crippen molar-refractivity contribution < 1.29 is 4.52 Å². The van der Waals surface area contributed by atoms with E-state index in [9.17, 15) is 0 Å². The highest BCUT2D eigenvalue weighted by Gasteiger charge is 2.06. The second-order valence-electron chi connectivity index (χ2n) is 3.88. The molecule has 3 aromatic rings. The van der Waals surface area contributed by atoms with Crippen molar-refractivity contribution in [3.63, 3.8) is 0 Å². The van der Waals surface area contributed by atoms with Crippen LogP contribution in [-0.4, -0.2) is 14.7 Å². The molecule has 0 amide bonds. The number of halogens is 1. The van der Waals surface area contributed by atoms with E-state index in [0.717, 1.165) is 9.99 Å². The zero-order valence-electron chi connectivity index (χ0n) is 9.22. The number of aryl methyl sites for hydroxylation is 1.